The van der Waals surface area contributed by atoms with Gasteiger partial charge in [0.05, 0.1) is 6.04 Å². The number of hydrogen-bond donors (Lipinski definition) is 3. The van der Waals surface area contributed by atoms with Gasteiger partial charge in [-0.05, 0) is 45.1 Å². The largest absolute Gasteiger partial charge is 0.369 e. The van der Waals surface area contributed by atoms with E-state index in [2.05, 4.69) is 10.6 Å². The minimum Gasteiger partial charge on any atom is -0.369 e. The van der Waals surface area contributed by atoms with Crippen molar-refractivity contribution in [1.82, 2.24) is 10.6 Å². The molecule has 2 fully saturated rings. The lowest BCUT2D eigenvalue weighted by atomic mass is 9.85. The molecule has 1 aliphatic carbocycles. The summed E-state index contributed by atoms with van der Waals surface area (Å²) in [6.07, 6.45) is 5.35. The maximum Gasteiger partial charge on any atom is 0.237 e. The Kier molecular flexibility index (Phi) is 5.88. The molecule has 5 nitrogen and oxygen atoms in total. The number of nitrogens with two attached hydrogens (primary N) is 1. The summed E-state index contributed by atoms with van der Waals surface area (Å²) in [6, 6.07) is 0.212. The van der Waals surface area contributed by atoms with Crippen molar-refractivity contribution in [3.8, 4) is 0 Å². The molecule has 18 heavy (non-hydrogen) atoms. The fraction of sp³-hybridized carbons (Fsp3) is 0.833. The fourth-order valence-corrected chi connectivity index (χ4v) is 2.73. The monoisotopic (exact) mass is 275 g/mol. The molecule has 1 saturated heterocycles. The van der Waals surface area contributed by atoms with Gasteiger partial charge in [-0.1, -0.05) is 0 Å². The van der Waals surface area contributed by atoms with Crippen LogP contribution in [0.25, 0.3) is 0 Å². The second-order valence-electron chi connectivity index (χ2n) is 5.11. The van der Waals surface area contributed by atoms with Crippen LogP contribution in [0.4, 0.5) is 0 Å². The van der Waals surface area contributed by atoms with E-state index in [4.69, 9.17) is 5.73 Å². The van der Waals surface area contributed by atoms with Crippen molar-refractivity contribution in [2.45, 2.75) is 50.6 Å². The summed E-state index contributed by atoms with van der Waals surface area (Å²) in [6.45, 7) is 0.937. The summed E-state index contributed by atoms with van der Waals surface area (Å²) in [5.41, 5.74) is 5.28. The van der Waals surface area contributed by atoms with E-state index in [1.165, 1.54) is 0 Å². The van der Waals surface area contributed by atoms with Crippen LogP contribution in [0.1, 0.15) is 38.5 Å². The number of nitrogens with one attached hydrogen (secondary N) is 2. The minimum atomic E-state index is -0.202. The van der Waals surface area contributed by atoms with Gasteiger partial charge in [0.1, 0.15) is 0 Å². The first kappa shape index (κ1) is 15.2. The highest BCUT2D eigenvalue weighted by Gasteiger charge is 2.28. The summed E-state index contributed by atoms with van der Waals surface area (Å²) in [4.78, 5) is 22.9. The van der Waals surface area contributed by atoms with Crippen molar-refractivity contribution in [2.24, 2.45) is 11.7 Å². The molecular weight excluding hydrogens is 254 g/mol. The molecule has 0 bridgehead atoms. The van der Waals surface area contributed by atoms with Crippen molar-refractivity contribution in [1.29, 1.82) is 0 Å². The first-order valence-electron chi connectivity index (χ1n) is 6.50. The van der Waals surface area contributed by atoms with Crippen molar-refractivity contribution in [3.63, 3.8) is 0 Å². The van der Waals surface area contributed by atoms with Crippen LogP contribution in [-0.2, 0) is 9.59 Å². The van der Waals surface area contributed by atoms with Gasteiger partial charge >= 0.3 is 0 Å². The molecule has 0 aromatic carbocycles. The van der Waals surface area contributed by atoms with Crippen molar-refractivity contribution >= 4 is 24.2 Å². The van der Waals surface area contributed by atoms with Gasteiger partial charge in [0.2, 0.25) is 11.8 Å². The van der Waals surface area contributed by atoms with Crippen LogP contribution >= 0.6 is 12.4 Å². The number of amides is 2. The summed E-state index contributed by atoms with van der Waals surface area (Å²) >= 11 is 0. The number of primary amides is 1. The highest BCUT2D eigenvalue weighted by molar-refractivity contribution is 5.85. The van der Waals surface area contributed by atoms with Crippen molar-refractivity contribution in [2.75, 3.05) is 6.54 Å². The average molecular weight is 276 g/mol. The Morgan fingerprint density at radius 3 is 2.28 bits per heavy atom. The fourth-order valence-electron chi connectivity index (χ4n) is 2.73. The zero-order valence-corrected chi connectivity index (χ0v) is 11.3. The molecule has 0 unspecified atom stereocenters. The zero-order chi connectivity index (χ0) is 12.3. The Morgan fingerprint density at radius 1 is 1.11 bits per heavy atom. The lowest BCUT2D eigenvalue weighted by Gasteiger charge is -2.28. The molecule has 0 aromatic rings. The Morgan fingerprint density at radius 2 is 1.78 bits per heavy atom. The molecule has 1 atom stereocenters. The standard InChI is InChI=1S/C12H21N3O2.ClH/c13-11(16)8-3-5-9(6-4-8)15-12(17)10-2-1-7-14-10;/h8-10,14H,1-7H2,(H2,13,16)(H,15,17);1H/t8?,9?,10-;/m0./s1. The smallest absolute Gasteiger partial charge is 0.237 e. The van der Waals surface area contributed by atoms with E-state index >= 15 is 0 Å². The van der Waals surface area contributed by atoms with Gasteiger partial charge in [-0.3, -0.25) is 9.59 Å². The molecule has 1 aliphatic heterocycles. The van der Waals surface area contributed by atoms with Crippen molar-refractivity contribution in [3.05, 3.63) is 0 Å². The Hall–Kier alpha value is -0.810. The van der Waals surface area contributed by atoms with Crippen LogP contribution in [0.2, 0.25) is 0 Å². The lowest BCUT2D eigenvalue weighted by Crippen LogP contribution is -2.46. The quantitative estimate of drug-likeness (QED) is 0.694. The van der Waals surface area contributed by atoms with Crippen LogP contribution in [0, 0.1) is 5.92 Å². The van der Waals surface area contributed by atoms with E-state index in [0.29, 0.717) is 0 Å². The maximum atomic E-state index is 11.9. The normalized spacial score (nSPS) is 31.4. The first-order valence-corrected chi connectivity index (χ1v) is 6.50. The predicted octanol–water partition coefficient (Wildman–Crippen LogP) is 0.320. The van der Waals surface area contributed by atoms with Gasteiger partial charge in [0, 0.05) is 12.0 Å². The van der Waals surface area contributed by atoms with E-state index in [9.17, 15) is 9.59 Å². The van der Waals surface area contributed by atoms with E-state index in [1.807, 2.05) is 0 Å². The molecule has 2 rings (SSSR count). The molecular formula is C12H22ClN3O2. The highest BCUT2D eigenvalue weighted by Crippen LogP contribution is 2.24. The number of hydrogen-bond acceptors (Lipinski definition) is 3. The number of rotatable bonds is 3. The lowest BCUT2D eigenvalue weighted by molar-refractivity contribution is -0.124. The molecule has 104 valence electrons. The SMILES string of the molecule is Cl.NC(=O)C1CCC(NC(=O)[C@@H]2CCCN2)CC1. The Labute approximate surface area is 114 Å². The van der Waals surface area contributed by atoms with Crippen LogP contribution in [0.5, 0.6) is 0 Å². The third-order valence-electron chi connectivity index (χ3n) is 3.85. The molecule has 0 aromatic heterocycles. The average Bonchev–Trinajstić information content (AvgIpc) is 2.83. The summed E-state index contributed by atoms with van der Waals surface area (Å²) < 4.78 is 0. The maximum absolute atomic E-state index is 11.9. The van der Waals surface area contributed by atoms with Gasteiger partial charge in [-0.2, -0.15) is 0 Å². The third kappa shape index (κ3) is 3.85. The van der Waals surface area contributed by atoms with Crippen molar-refractivity contribution < 1.29 is 9.59 Å². The van der Waals surface area contributed by atoms with Gasteiger partial charge < -0.3 is 16.4 Å². The molecule has 1 heterocycles. The van der Waals surface area contributed by atoms with Crippen LogP contribution < -0.4 is 16.4 Å². The van der Waals surface area contributed by atoms with E-state index in [-0.39, 0.29) is 42.2 Å². The van der Waals surface area contributed by atoms with Gasteiger partial charge in [0.25, 0.3) is 0 Å². The van der Waals surface area contributed by atoms with Gasteiger partial charge in [0.15, 0.2) is 0 Å². The number of carbonyl (C=O) groups is 2. The first-order chi connectivity index (χ1) is 8.16. The van der Waals surface area contributed by atoms with Crippen LogP contribution in [0.15, 0.2) is 0 Å². The second kappa shape index (κ2) is 6.95. The van der Waals surface area contributed by atoms with Crippen LogP contribution in [-0.4, -0.2) is 30.4 Å². The molecule has 0 spiro atoms. The minimum absolute atomic E-state index is 0. The van der Waals surface area contributed by atoms with E-state index < -0.39 is 0 Å². The summed E-state index contributed by atoms with van der Waals surface area (Å²) in [5, 5.41) is 6.25. The third-order valence-corrected chi connectivity index (χ3v) is 3.85. The highest BCUT2D eigenvalue weighted by atomic mass is 35.5. The molecule has 0 radical (unpaired) electrons. The van der Waals surface area contributed by atoms with Gasteiger partial charge in [-0.25, -0.2) is 0 Å². The number of halogens is 1. The molecule has 6 heteroatoms. The second-order valence-corrected chi connectivity index (χ2v) is 5.11. The summed E-state index contributed by atoms with van der Waals surface area (Å²) in [5.74, 6) is -0.0787. The van der Waals surface area contributed by atoms with E-state index in [1.54, 1.807) is 0 Å². The molecule has 4 N–H and O–H groups in total. The molecule has 2 amide bonds. The zero-order valence-electron chi connectivity index (χ0n) is 10.5. The number of carbonyl (C=O) groups excluding carboxylic acids is 2. The molecule has 2 aliphatic rings. The van der Waals surface area contributed by atoms with Crippen LogP contribution in [0.3, 0.4) is 0 Å². The van der Waals surface area contributed by atoms with Gasteiger partial charge in [-0.15, -0.1) is 12.4 Å². The Bertz CT molecular complexity index is 298. The Balaban J connectivity index is 0.00000162. The molecule has 1 saturated carbocycles. The summed E-state index contributed by atoms with van der Waals surface area (Å²) in [7, 11) is 0. The predicted molar refractivity (Wildman–Crippen MR) is 71.4 cm³/mol. The van der Waals surface area contributed by atoms with E-state index in [0.717, 1.165) is 45.1 Å². The topological polar surface area (TPSA) is 84.2 Å².